The Morgan fingerprint density at radius 2 is 1.88 bits per heavy atom. The number of halogens is 1. The van der Waals surface area contributed by atoms with Crippen molar-refractivity contribution in [3.05, 3.63) is 35.1 Å². The van der Waals surface area contributed by atoms with E-state index in [1.807, 2.05) is 6.07 Å². The van der Waals surface area contributed by atoms with Crippen LogP contribution in [0.15, 0.2) is 18.2 Å². The van der Waals surface area contributed by atoms with Gasteiger partial charge in [-0.3, -0.25) is 4.79 Å². The highest BCUT2D eigenvalue weighted by atomic mass is 19.1. The van der Waals surface area contributed by atoms with Crippen molar-refractivity contribution in [2.75, 3.05) is 0 Å². The Morgan fingerprint density at radius 3 is 2.62 bits per heavy atom. The maximum absolute atomic E-state index is 13.4. The van der Waals surface area contributed by atoms with E-state index in [4.69, 9.17) is 5.73 Å². The van der Waals surface area contributed by atoms with Gasteiger partial charge in [0.15, 0.2) is 0 Å². The molecular weight excluding hydrogens is 303 g/mol. The fraction of sp³-hybridized carbons (Fsp3) is 0.650. The number of rotatable bonds is 2. The van der Waals surface area contributed by atoms with Crippen LogP contribution in [0.4, 0.5) is 4.39 Å². The zero-order chi connectivity index (χ0) is 16.7. The third kappa shape index (κ3) is 2.97. The maximum Gasteiger partial charge on any atom is 0.223 e. The fourth-order valence-electron chi connectivity index (χ4n) is 5.23. The molecule has 0 aliphatic heterocycles. The summed E-state index contributed by atoms with van der Waals surface area (Å²) in [7, 11) is 0. The first-order chi connectivity index (χ1) is 11.6. The zero-order valence-corrected chi connectivity index (χ0v) is 14.1. The second-order valence-corrected chi connectivity index (χ2v) is 7.99. The molecule has 3 N–H and O–H groups in total. The Labute approximate surface area is 143 Å². The molecule has 1 aromatic rings. The molecule has 0 aromatic heterocycles. The van der Waals surface area contributed by atoms with Gasteiger partial charge in [-0.15, -0.1) is 0 Å². The molecule has 3 nitrogen and oxygen atoms in total. The van der Waals surface area contributed by atoms with Crippen molar-refractivity contribution in [1.29, 1.82) is 0 Å². The van der Waals surface area contributed by atoms with E-state index in [1.54, 1.807) is 6.07 Å². The lowest BCUT2D eigenvalue weighted by Crippen LogP contribution is -2.49. The van der Waals surface area contributed by atoms with Gasteiger partial charge in [0.2, 0.25) is 5.91 Å². The molecule has 0 spiro atoms. The van der Waals surface area contributed by atoms with E-state index in [1.165, 1.54) is 25.3 Å². The minimum absolute atomic E-state index is 0.0392. The van der Waals surface area contributed by atoms with Crippen molar-refractivity contribution in [2.24, 2.45) is 23.5 Å². The molecule has 0 heterocycles. The predicted molar refractivity (Wildman–Crippen MR) is 91.8 cm³/mol. The fourth-order valence-corrected chi connectivity index (χ4v) is 5.23. The number of nitrogens with one attached hydrogen (secondary N) is 1. The van der Waals surface area contributed by atoms with Gasteiger partial charge in [-0.25, -0.2) is 4.39 Å². The van der Waals surface area contributed by atoms with Gasteiger partial charge in [0.1, 0.15) is 5.82 Å². The SMILES string of the molecule is NC1C2CCCC1CC(C(=O)NC1CCCc3cc(F)ccc31)C2. The summed E-state index contributed by atoms with van der Waals surface area (Å²) in [5, 5.41) is 3.27. The minimum atomic E-state index is -0.185. The Morgan fingerprint density at radius 1 is 1.12 bits per heavy atom. The molecule has 0 saturated heterocycles. The molecule has 3 unspecified atom stereocenters. The highest BCUT2D eigenvalue weighted by Crippen LogP contribution is 2.42. The first-order valence-electron chi connectivity index (χ1n) is 9.46. The van der Waals surface area contributed by atoms with E-state index in [0.29, 0.717) is 17.9 Å². The Balaban J connectivity index is 1.46. The van der Waals surface area contributed by atoms with Crippen LogP contribution in [-0.4, -0.2) is 11.9 Å². The second-order valence-electron chi connectivity index (χ2n) is 7.99. The van der Waals surface area contributed by atoms with Crippen LogP contribution in [0, 0.1) is 23.6 Å². The van der Waals surface area contributed by atoms with E-state index in [-0.39, 0.29) is 23.7 Å². The molecule has 1 aromatic carbocycles. The van der Waals surface area contributed by atoms with E-state index in [2.05, 4.69) is 5.32 Å². The van der Waals surface area contributed by atoms with Crippen LogP contribution in [0.25, 0.3) is 0 Å². The summed E-state index contributed by atoms with van der Waals surface area (Å²) in [6.45, 7) is 0. The first kappa shape index (κ1) is 16.1. The highest BCUT2D eigenvalue weighted by Gasteiger charge is 2.41. The van der Waals surface area contributed by atoms with Gasteiger partial charge >= 0.3 is 0 Å². The van der Waals surface area contributed by atoms with Crippen molar-refractivity contribution in [3.63, 3.8) is 0 Å². The van der Waals surface area contributed by atoms with Gasteiger partial charge < -0.3 is 11.1 Å². The summed E-state index contributed by atoms with van der Waals surface area (Å²) >= 11 is 0. The quantitative estimate of drug-likeness (QED) is 0.872. The van der Waals surface area contributed by atoms with Crippen LogP contribution in [0.2, 0.25) is 0 Å². The number of hydrogen-bond acceptors (Lipinski definition) is 2. The Bertz CT molecular complexity index is 618. The molecule has 2 saturated carbocycles. The predicted octanol–water partition coefficient (Wildman–Crippen LogP) is 3.47. The molecule has 3 aliphatic carbocycles. The number of nitrogens with two attached hydrogens (primary N) is 1. The minimum Gasteiger partial charge on any atom is -0.349 e. The van der Waals surface area contributed by atoms with Gasteiger partial charge in [-0.1, -0.05) is 12.5 Å². The largest absolute Gasteiger partial charge is 0.349 e. The average Bonchev–Trinajstić information content (AvgIpc) is 2.54. The van der Waals surface area contributed by atoms with Crippen molar-refractivity contribution in [1.82, 2.24) is 5.32 Å². The summed E-state index contributed by atoms with van der Waals surface area (Å²) in [5.41, 5.74) is 8.49. The second kappa shape index (κ2) is 6.47. The molecule has 0 radical (unpaired) electrons. The molecular formula is C20H27FN2O. The monoisotopic (exact) mass is 330 g/mol. The highest BCUT2D eigenvalue weighted by molar-refractivity contribution is 5.79. The molecule has 4 heteroatoms. The van der Waals surface area contributed by atoms with Crippen molar-refractivity contribution >= 4 is 5.91 Å². The van der Waals surface area contributed by atoms with Crippen LogP contribution in [0.1, 0.15) is 62.1 Å². The van der Waals surface area contributed by atoms with Gasteiger partial charge in [0.05, 0.1) is 6.04 Å². The maximum atomic E-state index is 13.4. The molecule has 3 aliphatic rings. The number of carbonyl (C=O) groups is 1. The number of amides is 1. The summed E-state index contributed by atoms with van der Waals surface area (Å²) in [4.78, 5) is 12.9. The molecule has 130 valence electrons. The van der Waals surface area contributed by atoms with Crippen molar-refractivity contribution in [2.45, 2.75) is 63.5 Å². The van der Waals surface area contributed by atoms with Crippen LogP contribution >= 0.6 is 0 Å². The van der Waals surface area contributed by atoms with Crippen LogP contribution < -0.4 is 11.1 Å². The van der Waals surface area contributed by atoms with Crippen LogP contribution in [0.3, 0.4) is 0 Å². The van der Waals surface area contributed by atoms with E-state index >= 15 is 0 Å². The summed E-state index contributed by atoms with van der Waals surface area (Å²) in [6.07, 6.45) is 8.34. The normalized spacial score (nSPS) is 35.2. The van der Waals surface area contributed by atoms with Crippen molar-refractivity contribution in [3.8, 4) is 0 Å². The topological polar surface area (TPSA) is 55.1 Å². The van der Waals surface area contributed by atoms with Crippen LogP contribution in [-0.2, 0) is 11.2 Å². The van der Waals surface area contributed by atoms with E-state index in [0.717, 1.165) is 43.2 Å². The molecule has 2 fully saturated rings. The number of fused-ring (bicyclic) bond motifs is 3. The molecule has 4 rings (SSSR count). The van der Waals surface area contributed by atoms with Crippen molar-refractivity contribution < 1.29 is 9.18 Å². The Hall–Kier alpha value is -1.42. The first-order valence-corrected chi connectivity index (χ1v) is 9.46. The summed E-state index contributed by atoms with van der Waals surface area (Å²) in [6, 6.07) is 5.31. The van der Waals surface area contributed by atoms with Gasteiger partial charge in [0.25, 0.3) is 0 Å². The molecule has 24 heavy (non-hydrogen) atoms. The van der Waals surface area contributed by atoms with E-state index < -0.39 is 0 Å². The molecule has 2 bridgehead atoms. The lowest BCUT2D eigenvalue weighted by Gasteiger charge is -2.44. The average molecular weight is 330 g/mol. The van der Waals surface area contributed by atoms with Gasteiger partial charge in [-0.2, -0.15) is 0 Å². The van der Waals surface area contributed by atoms with E-state index in [9.17, 15) is 9.18 Å². The number of hydrogen-bond donors (Lipinski definition) is 2. The summed E-state index contributed by atoms with van der Waals surface area (Å²) < 4.78 is 13.4. The summed E-state index contributed by atoms with van der Waals surface area (Å²) in [5.74, 6) is 1.13. The smallest absolute Gasteiger partial charge is 0.223 e. The number of carbonyl (C=O) groups excluding carboxylic acids is 1. The zero-order valence-electron chi connectivity index (χ0n) is 14.1. The van der Waals surface area contributed by atoms with Crippen LogP contribution in [0.5, 0.6) is 0 Å². The third-order valence-electron chi connectivity index (χ3n) is 6.52. The van der Waals surface area contributed by atoms with Gasteiger partial charge in [0, 0.05) is 12.0 Å². The molecule has 1 amide bonds. The molecule has 3 atom stereocenters. The standard InChI is InChI=1S/C20H27FN2O/c21-16-7-8-17-12(11-16)3-2-6-18(17)23-20(24)15-9-13-4-1-5-14(10-15)19(13)22/h7-8,11,13-15,18-19H,1-6,9-10,22H2,(H,23,24). The lowest BCUT2D eigenvalue weighted by molar-refractivity contribution is -0.128. The Kier molecular flexibility index (Phi) is 4.33. The number of aryl methyl sites for hydroxylation is 1. The number of benzene rings is 1. The lowest BCUT2D eigenvalue weighted by atomic mass is 9.65. The van der Waals surface area contributed by atoms with Gasteiger partial charge in [-0.05, 0) is 80.0 Å². The third-order valence-corrected chi connectivity index (χ3v) is 6.52.